The minimum Gasteiger partial charge on any atom is -0.383 e. The van der Waals surface area contributed by atoms with Crippen LogP contribution in [0.15, 0.2) is 22.7 Å². The summed E-state index contributed by atoms with van der Waals surface area (Å²) in [5.41, 5.74) is 7.42. The maximum Gasteiger partial charge on any atom is 0.127 e. The van der Waals surface area contributed by atoms with Crippen LogP contribution in [0.2, 0.25) is 5.02 Å². The second kappa shape index (κ2) is 3.41. The number of pyridine rings is 1. The molecule has 0 aliphatic heterocycles. The van der Waals surface area contributed by atoms with E-state index < -0.39 is 0 Å². The van der Waals surface area contributed by atoms with Gasteiger partial charge in [-0.05, 0) is 30.7 Å². The number of aromatic nitrogens is 1. The molecule has 2 N–H and O–H groups in total. The summed E-state index contributed by atoms with van der Waals surface area (Å²) in [5.74, 6) is 0.525. The third-order valence-electron chi connectivity index (χ3n) is 2.11. The summed E-state index contributed by atoms with van der Waals surface area (Å²) >= 11 is 9.46. The fraction of sp³-hybridized carbons (Fsp3) is 0.100. The van der Waals surface area contributed by atoms with E-state index in [0.29, 0.717) is 10.8 Å². The number of nitrogen functional groups attached to an aromatic ring is 1. The Hall–Kier alpha value is -0.800. The molecule has 4 heteroatoms. The van der Waals surface area contributed by atoms with Gasteiger partial charge in [-0.1, -0.05) is 27.5 Å². The molecule has 72 valence electrons. The molecule has 0 amide bonds. The third-order valence-corrected chi connectivity index (χ3v) is 3.11. The second-order valence-corrected chi connectivity index (χ2v) is 4.38. The van der Waals surface area contributed by atoms with E-state index in [0.717, 1.165) is 20.9 Å². The van der Waals surface area contributed by atoms with Crippen molar-refractivity contribution in [2.75, 3.05) is 5.73 Å². The predicted molar refractivity (Wildman–Crippen MR) is 63.6 cm³/mol. The quantitative estimate of drug-likeness (QED) is 0.796. The van der Waals surface area contributed by atoms with Crippen LogP contribution >= 0.6 is 27.5 Å². The van der Waals surface area contributed by atoms with Gasteiger partial charge in [-0.2, -0.15) is 0 Å². The number of benzene rings is 1. The minimum atomic E-state index is 0.525. The fourth-order valence-corrected chi connectivity index (χ4v) is 1.95. The zero-order valence-corrected chi connectivity index (χ0v) is 9.85. The lowest BCUT2D eigenvalue weighted by molar-refractivity contribution is 1.34. The summed E-state index contributed by atoms with van der Waals surface area (Å²) in [6, 6.07) is 5.69. The van der Waals surface area contributed by atoms with E-state index in [-0.39, 0.29) is 0 Å². The maximum atomic E-state index is 6.01. The van der Waals surface area contributed by atoms with Crippen LogP contribution in [0.1, 0.15) is 5.56 Å². The zero-order valence-electron chi connectivity index (χ0n) is 7.51. The van der Waals surface area contributed by atoms with Gasteiger partial charge in [-0.25, -0.2) is 4.98 Å². The van der Waals surface area contributed by atoms with Gasteiger partial charge in [0.1, 0.15) is 5.82 Å². The highest BCUT2D eigenvalue weighted by atomic mass is 79.9. The lowest BCUT2D eigenvalue weighted by atomic mass is 10.1. The lowest BCUT2D eigenvalue weighted by Crippen LogP contribution is -1.95. The van der Waals surface area contributed by atoms with Crippen LogP contribution in [0.3, 0.4) is 0 Å². The topological polar surface area (TPSA) is 38.9 Å². The standard InChI is InChI=1S/C10H8BrClN2/c1-5-4-6-7(11)2-3-8(12)9(6)14-10(5)13/h2-4H,1H3,(H2,13,14). The molecule has 0 atom stereocenters. The first-order valence-electron chi connectivity index (χ1n) is 4.10. The SMILES string of the molecule is Cc1cc2c(Br)ccc(Cl)c2nc1N. The van der Waals surface area contributed by atoms with Gasteiger partial charge in [0.15, 0.2) is 0 Å². The van der Waals surface area contributed by atoms with E-state index in [2.05, 4.69) is 20.9 Å². The first-order valence-corrected chi connectivity index (χ1v) is 5.27. The molecule has 1 aromatic carbocycles. The normalized spacial score (nSPS) is 10.8. The molecule has 1 heterocycles. The molecule has 0 aliphatic rings. The summed E-state index contributed by atoms with van der Waals surface area (Å²) in [6.07, 6.45) is 0. The van der Waals surface area contributed by atoms with E-state index in [1.807, 2.05) is 19.1 Å². The first kappa shape index (κ1) is 9.74. The number of aryl methyl sites for hydroxylation is 1. The number of hydrogen-bond acceptors (Lipinski definition) is 2. The summed E-state index contributed by atoms with van der Waals surface area (Å²) < 4.78 is 0.979. The molecule has 0 spiro atoms. The number of fused-ring (bicyclic) bond motifs is 1. The summed E-state index contributed by atoms with van der Waals surface area (Å²) in [7, 11) is 0. The van der Waals surface area contributed by atoms with Crippen molar-refractivity contribution in [1.29, 1.82) is 0 Å². The number of halogens is 2. The zero-order chi connectivity index (χ0) is 10.3. The first-order chi connectivity index (χ1) is 6.59. The molecule has 2 rings (SSSR count). The van der Waals surface area contributed by atoms with E-state index in [1.165, 1.54) is 0 Å². The number of nitrogens with zero attached hydrogens (tertiary/aromatic N) is 1. The molecular formula is C10H8BrClN2. The average molecular weight is 272 g/mol. The van der Waals surface area contributed by atoms with Crippen molar-refractivity contribution in [3.05, 3.63) is 33.3 Å². The molecule has 0 bridgehead atoms. The molecule has 0 unspecified atom stereocenters. The van der Waals surface area contributed by atoms with Gasteiger partial charge in [0.05, 0.1) is 10.5 Å². The van der Waals surface area contributed by atoms with Crippen molar-refractivity contribution >= 4 is 44.3 Å². The number of anilines is 1. The summed E-state index contributed by atoms with van der Waals surface area (Å²) in [4.78, 5) is 4.25. The van der Waals surface area contributed by atoms with Gasteiger partial charge in [0.25, 0.3) is 0 Å². The van der Waals surface area contributed by atoms with E-state index in [1.54, 1.807) is 6.07 Å². The van der Waals surface area contributed by atoms with Crippen molar-refractivity contribution in [1.82, 2.24) is 4.98 Å². The highest BCUT2D eigenvalue weighted by Gasteiger charge is 2.06. The highest BCUT2D eigenvalue weighted by molar-refractivity contribution is 9.10. The number of rotatable bonds is 0. The fourth-order valence-electron chi connectivity index (χ4n) is 1.31. The average Bonchev–Trinajstić information content (AvgIpc) is 2.15. The number of hydrogen-bond donors (Lipinski definition) is 1. The van der Waals surface area contributed by atoms with E-state index >= 15 is 0 Å². The Morgan fingerprint density at radius 3 is 2.86 bits per heavy atom. The van der Waals surface area contributed by atoms with Crippen LogP contribution in [-0.4, -0.2) is 4.98 Å². The maximum absolute atomic E-state index is 6.01. The van der Waals surface area contributed by atoms with Crippen molar-refractivity contribution in [2.45, 2.75) is 6.92 Å². The van der Waals surface area contributed by atoms with Crippen LogP contribution in [-0.2, 0) is 0 Å². The minimum absolute atomic E-state index is 0.525. The number of nitrogens with two attached hydrogens (primary N) is 1. The largest absolute Gasteiger partial charge is 0.383 e. The van der Waals surface area contributed by atoms with Crippen LogP contribution in [0.25, 0.3) is 10.9 Å². The molecular weight excluding hydrogens is 263 g/mol. The van der Waals surface area contributed by atoms with Crippen LogP contribution in [0, 0.1) is 6.92 Å². The Morgan fingerprint density at radius 1 is 1.43 bits per heavy atom. The predicted octanol–water partition coefficient (Wildman–Crippen LogP) is 3.54. The molecule has 0 saturated heterocycles. The smallest absolute Gasteiger partial charge is 0.127 e. The molecule has 2 nitrogen and oxygen atoms in total. The van der Waals surface area contributed by atoms with Crippen LogP contribution in [0.4, 0.5) is 5.82 Å². The van der Waals surface area contributed by atoms with E-state index in [4.69, 9.17) is 17.3 Å². The Morgan fingerprint density at radius 2 is 2.14 bits per heavy atom. The van der Waals surface area contributed by atoms with Gasteiger partial charge in [-0.3, -0.25) is 0 Å². The Bertz CT molecular complexity index is 464. The monoisotopic (exact) mass is 270 g/mol. The highest BCUT2D eigenvalue weighted by Crippen LogP contribution is 2.30. The van der Waals surface area contributed by atoms with Crippen LogP contribution in [0.5, 0.6) is 0 Å². The van der Waals surface area contributed by atoms with Gasteiger partial charge in [-0.15, -0.1) is 0 Å². The van der Waals surface area contributed by atoms with Gasteiger partial charge in [0, 0.05) is 9.86 Å². The van der Waals surface area contributed by atoms with Gasteiger partial charge < -0.3 is 5.73 Å². The van der Waals surface area contributed by atoms with Gasteiger partial charge >= 0.3 is 0 Å². The van der Waals surface area contributed by atoms with Crippen molar-refractivity contribution in [3.63, 3.8) is 0 Å². The molecule has 0 radical (unpaired) electrons. The molecule has 0 saturated carbocycles. The van der Waals surface area contributed by atoms with Crippen molar-refractivity contribution in [3.8, 4) is 0 Å². The molecule has 2 aromatic rings. The van der Waals surface area contributed by atoms with Crippen molar-refractivity contribution < 1.29 is 0 Å². The molecule has 0 aliphatic carbocycles. The Labute approximate surface area is 95.2 Å². The summed E-state index contributed by atoms with van der Waals surface area (Å²) in [6.45, 7) is 1.93. The lowest BCUT2D eigenvalue weighted by Gasteiger charge is -2.05. The Balaban J connectivity index is 2.94. The molecule has 0 fully saturated rings. The van der Waals surface area contributed by atoms with E-state index in [9.17, 15) is 0 Å². The van der Waals surface area contributed by atoms with Crippen molar-refractivity contribution in [2.24, 2.45) is 0 Å². The summed E-state index contributed by atoms with van der Waals surface area (Å²) in [5, 5.41) is 1.61. The van der Waals surface area contributed by atoms with Crippen LogP contribution < -0.4 is 5.73 Å². The van der Waals surface area contributed by atoms with Gasteiger partial charge in [0.2, 0.25) is 0 Å². The Kier molecular flexibility index (Phi) is 2.37. The second-order valence-electron chi connectivity index (χ2n) is 3.12. The molecule has 14 heavy (non-hydrogen) atoms. The third kappa shape index (κ3) is 1.47. The molecule has 1 aromatic heterocycles.